The van der Waals surface area contributed by atoms with Crippen LogP contribution in [-0.2, 0) is 37.9 Å². The Bertz CT molecular complexity index is 4000. The van der Waals surface area contributed by atoms with Gasteiger partial charge in [-0.1, -0.05) is 219 Å². The highest BCUT2D eigenvalue weighted by atomic mass is 15.2. The highest BCUT2D eigenvalue weighted by molar-refractivity contribution is 6.99. The summed E-state index contributed by atoms with van der Waals surface area (Å²) in [5.41, 5.74) is 32.7. The summed E-state index contributed by atoms with van der Waals surface area (Å²) in [7, 11) is 0. The van der Waals surface area contributed by atoms with Gasteiger partial charge in [0.25, 0.3) is 0 Å². The van der Waals surface area contributed by atoms with Crippen molar-refractivity contribution in [3.63, 3.8) is 0 Å². The third-order valence-corrected chi connectivity index (χ3v) is 24.0. The van der Waals surface area contributed by atoms with Gasteiger partial charge < -0.3 is 9.80 Å². The molecule has 5 aliphatic carbocycles. The van der Waals surface area contributed by atoms with Crippen LogP contribution in [0.2, 0.25) is 0 Å². The predicted molar refractivity (Wildman–Crippen MR) is 360 cm³/mol. The number of anilines is 6. The third-order valence-electron chi connectivity index (χ3n) is 24.0. The van der Waals surface area contributed by atoms with Gasteiger partial charge in [-0.05, 0) is 226 Å². The molecule has 84 heavy (non-hydrogen) atoms. The van der Waals surface area contributed by atoms with E-state index in [0.29, 0.717) is 0 Å². The molecular formula is C81H89BN2. The minimum absolute atomic E-state index is 0.0276. The Hall–Kier alpha value is -6.58. The molecule has 8 aromatic rings. The van der Waals surface area contributed by atoms with E-state index in [0.717, 1.165) is 0 Å². The van der Waals surface area contributed by atoms with E-state index in [2.05, 4.69) is 265 Å². The maximum Gasteiger partial charge on any atom is 0.247 e. The van der Waals surface area contributed by atoms with Crippen LogP contribution in [0.5, 0.6) is 0 Å². The summed E-state index contributed by atoms with van der Waals surface area (Å²) >= 11 is 0. The monoisotopic (exact) mass is 1100 g/mol. The second-order valence-corrected chi connectivity index (χ2v) is 32.2. The molecule has 0 radical (unpaired) electrons. The molecule has 0 bridgehead atoms. The molecule has 0 saturated heterocycles. The molecule has 1 saturated carbocycles. The second-order valence-electron chi connectivity index (χ2n) is 32.2. The fourth-order valence-electron chi connectivity index (χ4n) is 18.3. The predicted octanol–water partition coefficient (Wildman–Crippen LogP) is 20.1. The Morgan fingerprint density at radius 3 is 1.69 bits per heavy atom. The lowest BCUT2D eigenvalue weighted by Gasteiger charge is -2.59. The molecule has 0 amide bonds. The van der Waals surface area contributed by atoms with Crippen molar-refractivity contribution in [2.75, 3.05) is 9.80 Å². The normalized spacial score (nSPS) is 23.6. The molecule has 3 atom stereocenters. The van der Waals surface area contributed by atoms with E-state index in [4.69, 9.17) is 0 Å². The summed E-state index contributed by atoms with van der Waals surface area (Å²) < 4.78 is 0. The van der Waals surface area contributed by atoms with Crippen molar-refractivity contribution >= 4 is 57.2 Å². The van der Waals surface area contributed by atoms with E-state index < -0.39 is 0 Å². The Morgan fingerprint density at radius 1 is 0.452 bits per heavy atom. The molecule has 3 unspecified atom stereocenters. The van der Waals surface area contributed by atoms with Crippen LogP contribution >= 0.6 is 0 Å². The minimum atomic E-state index is -0.167. The maximum atomic E-state index is 2.75. The van der Waals surface area contributed by atoms with Gasteiger partial charge in [0.05, 0.1) is 0 Å². The summed E-state index contributed by atoms with van der Waals surface area (Å²) in [6.07, 6.45) is 11.0. The van der Waals surface area contributed by atoms with Crippen LogP contribution in [0.25, 0.3) is 22.3 Å². The summed E-state index contributed by atoms with van der Waals surface area (Å²) in [4.78, 5) is 5.41. The van der Waals surface area contributed by atoms with Gasteiger partial charge in [-0.25, -0.2) is 0 Å². The van der Waals surface area contributed by atoms with Crippen LogP contribution in [0, 0.1) is 5.41 Å². The SMILES string of the molecule is CC(C)(C)c1cc2c3c(c1)C1(C)CCCCC1(C)CC3c1cc(-c3ccccc3)cc3c1B2c1ccc(N(c2ccc4c(c2)C(C)(C)CCC4(C)C)c2ccc4c(c2)C(C)(C)CCC4(C)C)cc1N3c1ccc2c(c1)C(C)(C)c1ccccc1-2. The zero-order chi connectivity index (χ0) is 58.6. The summed E-state index contributed by atoms with van der Waals surface area (Å²) in [5.74, 6) is 0.289. The fourth-order valence-corrected chi connectivity index (χ4v) is 18.3. The van der Waals surface area contributed by atoms with Crippen molar-refractivity contribution in [1.29, 1.82) is 0 Å². The van der Waals surface area contributed by atoms with Crippen LogP contribution in [0.15, 0.2) is 152 Å². The van der Waals surface area contributed by atoms with Crippen molar-refractivity contribution in [2.45, 2.75) is 205 Å². The zero-order valence-electron chi connectivity index (χ0n) is 53.3. The molecule has 7 aliphatic rings. The molecule has 3 heteroatoms. The lowest BCUT2D eigenvalue weighted by molar-refractivity contribution is 0.0602. The highest BCUT2D eigenvalue weighted by Gasteiger charge is 2.57. The molecule has 1 fully saturated rings. The van der Waals surface area contributed by atoms with Crippen molar-refractivity contribution in [3.8, 4) is 22.3 Å². The lowest BCUT2D eigenvalue weighted by Crippen LogP contribution is -2.64. The summed E-state index contributed by atoms with van der Waals surface area (Å²) in [5, 5.41) is 0. The average molecular weight is 1100 g/mol. The first-order valence-corrected chi connectivity index (χ1v) is 32.4. The minimum Gasteiger partial charge on any atom is -0.311 e. The molecule has 2 heterocycles. The van der Waals surface area contributed by atoms with E-state index in [-0.39, 0.29) is 56.0 Å². The largest absolute Gasteiger partial charge is 0.311 e. The van der Waals surface area contributed by atoms with Gasteiger partial charge in [-0.2, -0.15) is 0 Å². The smallest absolute Gasteiger partial charge is 0.247 e. The summed E-state index contributed by atoms with van der Waals surface area (Å²) in [6.45, 7) is 37.5. The summed E-state index contributed by atoms with van der Waals surface area (Å²) in [6, 6.07) is 61.6. The number of fused-ring (bicyclic) bond motifs is 11. The van der Waals surface area contributed by atoms with Gasteiger partial charge in [0.1, 0.15) is 0 Å². The highest BCUT2D eigenvalue weighted by Crippen LogP contribution is 2.64. The second kappa shape index (κ2) is 17.8. The fraction of sp³-hybridized carbons (Fsp3) is 0.407. The molecule has 0 aromatic heterocycles. The number of hydrogen-bond donors (Lipinski definition) is 0. The first-order chi connectivity index (χ1) is 39.7. The van der Waals surface area contributed by atoms with Gasteiger partial charge in [0.15, 0.2) is 0 Å². The standard InChI is InChI=1S/C81H89BN2/c1-74(2,3)52-43-67-72-60(49-80(14)35-21-22-36-81(67,80)15)59-41-51(50-23-17-16-18-24-50)42-71-73(59)82(69(72)44-52)68-34-30-56(48-70(68)84(71)55-27-31-58-57-25-19-20-26-61(57)79(12,13)64(58)45-55)83(53-28-32-62-65(46-53)77(8,9)39-37-75(62,4)5)54-29-33-63-66(47-54)78(10,11)40-38-76(63,6)7/h16-20,23-34,41-48,60H,21-22,35-40,49H2,1-15H3. The van der Waals surface area contributed by atoms with E-state index in [1.807, 2.05) is 0 Å². The van der Waals surface area contributed by atoms with Crippen molar-refractivity contribution < 1.29 is 0 Å². The van der Waals surface area contributed by atoms with Gasteiger partial charge in [-0.15, -0.1) is 0 Å². The molecule has 15 rings (SSSR count). The van der Waals surface area contributed by atoms with Crippen LogP contribution in [0.4, 0.5) is 34.1 Å². The van der Waals surface area contributed by atoms with Gasteiger partial charge >= 0.3 is 0 Å². The molecule has 8 aromatic carbocycles. The number of hydrogen-bond acceptors (Lipinski definition) is 2. The third kappa shape index (κ3) is 7.67. The molecule has 2 nitrogen and oxygen atoms in total. The number of nitrogens with zero attached hydrogens (tertiary/aromatic N) is 2. The average Bonchev–Trinajstić information content (AvgIpc) is 3.75. The quantitative estimate of drug-likeness (QED) is 0.159. The van der Waals surface area contributed by atoms with Crippen LogP contribution in [-0.4, -0.2) is 6.71 Å². The Labute approximate surface area is 504 Å². The molecule has 0 N–H and O–H groups in total. The van der Waals surface area contributed by atoms with Gasteiger partial charge in [-0.3, -0.25) is 0 Å². The van der Waals surface area contributed by atoms with Crippen LogP contribution in [0.1, 0.15) is 223 Å². The van der Waals surface area contributed by atoms with E-state index in [1.54, 1.807) is 16.6 Å². The maximum absolute atomic E-state index is 2.75. The van der Waals surface area contributed by atoms with Gasteiger partial charge in [0.2, 0.25) is 6.71 Å². The molecular weight excluding hydrogens is 1010 g/mol. The number of benzene rings is 8. The van der Waals surface area contributed by atoms with Gasteiger partial charge in [0, 0.05) is 45.5 Å². The first-order valence-electron chi connectivity index (χ1n) is 32.4. The molecule has 0 spiro atoms. The van der Waals surface area contributed by atoms with Crippen molar-refractivity contribution in [2.24, 2.45) is 5.41 Å². The Balaban J connectivity index is 1.05. The molecule has 426 valence electrons. The van der Waals surface area contributed by atoms with Crippen molar-refractivity contribution in [3.05, 3.63) is 207 Å². The Kier molecular flexibility index (Phi) is 11.4. The van der Waals surface area contributed by atoms with E-state index >= 15 is 0 Å². The topological polar surface area (TPSA) is 6.48 Å². The van der Waals surface area contributed by atoms with Crippen LogP contribution < -0.4 is 26.2 Å². The van der Waals surface area contributed by atoms with E-state index in [1.165, 1.54) is 170 Å². The lowest BCUT2D eigenvalue weighted by atomic mass is 9.29. The van der Waals surface area contributed by atoms with Crippen LogP contribution in [0.3, 0.4) is 0 Å². The molecule has 2 aliphatic heterocycles. The van der Waals surface area contributed by atoms with E-state index in [9.17, 15) is 0 Å². The van der Waals surface area contributed by atoms with Crippen molar-refractivity contribution in [1.82, 2.24) is 0 Å². The Morgan fingerprint density at radius 2 is 1.04 bits per heavy atom. The number of rotatable bonds is 5. The zero-order valence-corrected chi connectivity index (χ0v) is 53.3. The first kappa shape index (κ1) is 54.1.